The molecule has 0 saturated heterocycles. The number of hydrogen-bond acceptors (Lipinski definition) is 2. The molecule has 0 spiro atoms. The quantitative estimate of drug-likeness (QED) is 0.382. The van der Waals surface area contributed by atoms with Gasteiger partial charge in [-0.25, -0.2) is 0 Å². The molecular weight excluding hydrogens is 595 g/mol. The van der Waals surface area contributed by atoms with Gasteiger partial charge in [-0.3, -0.25) is 0 Å². The summed E-state index contributed by atoms with van der Waals surface area (Å²) < 4.78 is 4.04. The van der Waals surface area contributed by atoms with Crippen LogP contribution in [0.4, 0.5) is 0 Å². The zero-order valence-electron chi connectivity index (χ0n) is 16.9. The van der Waals surface area contributed by atoms with E-state index in [1.165, 1.54) is 0 Å². The summed E-state index contributed by atoms with van der Waals surface area (Å²) in [7, 11) is 0. The average Bonchev–Trinajstić information content (AvgIpc) is 2.70. The fraction of sp³-hybridized carbons (Fsp3) is 0.364. The van der Waals surface area contributed by atoms with Gasteiger partial charge in [0.2, 0.25) is 0 Å². The third kappa shape index (κ3) is 6.76. The van der Waals surface area contributed by atoms with Gasteiger partial charge in [0.1, 0.15) is 0 Å². The van der Waals surface area contributed by atoms with Gasteiger partial charge in [-0.05, 0) is 0 Å². The molecule has 0 atom stereocenters. The van der Waals surface area contributed by atoms with E-state index < -0.39 is 30.0 Å². The molecule has 2 amide bonds. The molecule has 0 aliphatic carbocycles. The van der Waals surface area contributed by atoms with E-state index in [2.05, 4.69) is 14.2 Å². The molecule has 28 heavy (non-hydrogen) atoms. The normalized spacial score (nSPS) is 10.8. The van der Waals surface area contributed by atoms with Crippen LogP contribution in [0.2, 0.25) is 0 Å². The van der Waals surface area contributed by atoms with E-state index in [0.29, 0.717) is 13.1 Å². The predicted molar refractivity (Wildman–Crippen MR) is 118 cm³/mol. The number of carbonyl (C=O) groups excluding carboxylic acids is 2. The van der Waals surface area contributed by atoms with Crippen molar-refractivity contribution in [3.05, 3.63) is 71.8 Å². The van der Waals surface area contributed by atoms with E-state index >= 15 is 0 Å². The van der Waals surface area contributed by atoms with Crippen LogP contribution in [0.25, 0.3) is 0 Å². The van der Waals surface area contributed by atoms with Crippen molar-refractivity contribution in [3.8, 4) is 0 Å². The maximum atomic E-state index is 13.1. The molecule has 0 aliphatic heterocycles. The van der Waals surface area contributed by atoms with Crippen LogP contribution in [-0.2, 0) is 22.7 Å². The van der Waals surface area contributed by atoms with Crippen molar-refractivity contribution in [2.45, 2.75) is 40.8 Å². The van der Waals surface area contributed by atoms with Crippen LogP contribution in [0.3, 0.4) is 0 Å². The van der Waals surface area contributed by atoms with E-state index in [1.54, 1.807) is 0 Å². The molecule has 0 saturated carbocycles. The molecule has 0 aliphatic rings. The molecule has 0 N–H and O–H groups in total. The van der Waals surface area contributed by atoms with Crippen molar-refractivity contribution in [2.24, 2.45) is 11.8 Å². The number of halogens is 1. The van der Waals surface area contributed by atoms with Crippen molar-refractivity contribution in [1.82, 2.24) is 1.97 Å². The molecule has 6 heteroatoms. The summed E-state index contributed by atoms with van der Waals surface area (Å²) in [5.41, 5.74) is 2.21. The van der Waals surface area contributed by atoms with Crippen LogP contribution in [0.1, 0.15) is 38.8 Å². The molecule has 0 unspecified atom stereocenters. The molecule has 0 fully saturated rings. The molecule has 0 radical (unpaired) electrons. The van der Waals surface area contributed by atoms with Gasteiger partial charge in [-0.15, -0.1) is 0 Å². The Morgan fingerprint density at radius 3 is 1.36 bits per heavy atom. The van der Waals surface area contributed by atoms with Crippen molar-refractivity contribution in [2.75, 3.05) is 0 Å². The molecule has 0 heterocycles. The second kappa shape index (κ2) is 11.6. The maximum absolute atomic E-state index is 13.1. The summed E-state index contributed by atoms with van der Waals surface area (Å²) in [6, 6.07) is 20.1. The van der Waals surface area contributed by atoms with Gasteiger partial charge in [0.25, 0.3) is 0 Å². The van der Waals surface area contributed by atoms with Crippen molar-refractivity contribution < 1.29 is 39.6 Å². The first-order chi connectivity index (χ1) is 13.3. The van der Waals surface area contributed by atoms with Crippen LogP contribution < -0.4 is 0 Å². The Hall–Kier alpha value is -0.539. The van der Waals surface area contributed by atoms with Crippen LogP contribution in [0.15, 0.2) is 60.7 Å². The van der Waals surface area contributed by atoms with Gasteiger partial charge in [-0.2, -0.15) is 0 Å². The summed E-state index contributed by atoms with van der Waals surface area (Å²) in [5, 5.41) is 0. The van der Waals surface area contributed by atoms with Gasteiger partial charge < -0.3 is 0 Å². The Labute approximate surface area is 189 Å². The number of benzene rings is 2. The van der Waals surface area contributed by atoms with Crippen LogP contribution in [0, 0.1) is 41.8 Å². The van der Waals surface area contributed by atoms with Gasteiger partial charge in [0.05, 0.1) is 0 Å². The molecule has 149 valence electrons. The van der Waals surface area contributed by atoms with E-state index in [4.69, 9.17) is 0 Å². The van der Waals surface area contributed by atoms with E-state index in [1.807, 2.05) is 90.3 Å². The second-order valence-electron chi connectivity index (χ2n) is 7.40. The van der Waals surface area contributed by atoms with Crippen molar-refractivity contribution >= 4 is 26.0 Å². The van der Waals surface area contributed by atoms with E-state index in [0.717, 1.165) is 11.1 Å². The average molecular weight is 624 g/mol. The van der Waals surface area contributed by atoms with Crippen molar-refractivity contribution in [3.63, 3.8) is 0 Å². The monoisotopic (exact) mass is 621 g/mol. The fourth-order valence-electron chi connectivity index (χ4n) is 2.77. The molecule has 4 nitrogen and oxygen atoms in total. The number of carbonyl (C=O) groups is 2. The van der Waals surface area contributed by atoms with Crippen LogP contribution >= 0.6 is 14.2 Å². The first kappa shape index (κ1) is 23.7. The molecule has 0 aromatic heterocycles. The molecule has 2 aromatic carbocycles. The summed E-state index contributed by atoms with van der Waals surface area (Å²) in [5.74, 6) is 0.0857. The summed E-state index contributed by atoms with van der Waals surface area (Å²) in [6.45, 7) is 8.87. The third-order valence-electron chi connectivity index (χ3n) is 4.33. The number of amides is 2. The topological polar surface area (TPSA) is 40.6 Å². The first-order valence-corrected chi connectivity index (χ1v) is 21.6. The molecule has 2 rings (SSSR count). The predicted octanol–water partition coefficient (Wildman–Crippen LogP) is 5.16. The van der Waals surface area contributed by atoms with Gasteiger partial charge in [0.15, 0.2) is 0 Å². The SMILES string of the molecule is CC(C)C(=O)[N](Cc1ccccc1)[Nd]([I])[N](Cc1ccccc1)C(=O)C(C)C. The van der Waals surface area contributed by atoms with E-state index in [9.17, 15) is 9.59 Å². The molecular formula is C22H28IN2NdO2. The van der Waals surface area contributed by atoms with Crippen LogP contribution in [0.5, 0.6) is 0 Å². The number of nitrogens with zero attached hydrogens (tertiary/aromatic N) is 2. The Morgan fingerprint density at radius 2 is 1.07 bits per heavy atom. The standard InChI is InChI=1S/2C11H15NO.HI.Nd/c2*1-9(2)11(13)12-8-10-6-4-3-5-7-10;;/h2*3-7,9H,8H2,1-2H3,(H,12,13);1H;/q;;;+3/p-3. The fourth-order valence-corrected chi connectivity index (χ4v) is 14.6. The third-order valence-corrected chi connectivity index (χ3v) is 18.3. The molecule has 2 aromatic rings. The minimum atomic E-state index is -2.96. The zero-order valence-corrected chi connectivity index (χ0v) is 22.3. The second-order valence-corrected chi connectivity index (χ2v) is 19.7. The summed E-state index contributed by atoms with van der Waals surface area (Å²) in [4.78, 5) is 26.1. The van der Waals surface area contributed by atoms with Crippen LogP contribution in [-0.4, -0.2) is 13.8 Å². The Bertz CT molecular complexity index is 703. The number of hydrogen-bond donors (Lipinski definition) is 0. The van der Waals surface area contributed by atoms with Gasteiger partial charge in [-0.1, -0.05) is 0 Å². The van der Waals surface area contributed by atoms with Crippen molar-refractivity contribution in [1.29, 1.82) is 0 Å². The Morgan fingerprint density at radius 1 is 0.750 bits per heavy atom. The van der Waals surface area contributed by atoms with E-state index in [-0.39, 0.29) is 23.7 Å². The molecule has 0 bridgehead atoms. The summed E-state index contributed by atoms with van der Waals surface area (Å²) >= 11 is -0.524. The zero-order chi connectivity index (χ0) is 20.7. The first-order valence-electron chi connectivity index (χ1n) is 9.54. The number of rotatable bonds is 8. The Kier molecular flexibility index (Phi) is 9.83. The summed E-state index contributed by atoms with van der Waals surface area (Å²) in [6.07, 6.45) is 0. The van der Waals surface area contributed by atoms with Gasteiger partial charge in [0, 0.05) is 0 Å². The Balaban J connectivity index is 2.35. The van der Waals surface area contributed by atoms with Gasteiger partial charge >= 0.3 is 192 Å². The minimum absolute atomic E-state index is 0.0915.